The molecule has 0 bridgehead atoms. The van der Waals surface area contributed by atoms with Gasteiger partial charge in [-0.1, -0.05) is 48.5 Å². The molecule has 2 aromatic carbocycles. The van der Waals surface area contributed by atoms with Crippen LogP contribution in [0.15, 0.2) is 91.1 Å². The van der Waals surface area contributed by atoms with Crippen LogP contribution in [0.2, 0.25) is 0 Å². The third-order valence-electron chi connectivity index (χ3n) is 4.54. The summed E-state index contributed by atoms with van der Waals surface area (Å²) in [6, 6.07) is 29.0. The number of pyridine rings is 2. The van der Waals surface area contributed by atoms with Crippen LogP contribution in [0, 0.1) is 0 Å². The van der Waals surface area contributed by atoms with Crippen LogP contribution >= 0.6 is 0 Å². The van der Waals surface area contributed by atoms with Gasteiger partial charge in [0.05, 0.1) is 17.1 Å². The Kier molecular flexibility index (Phi) is 4.67. The van der Waals surface area contributed by atoms with Crippen molar-refractivity contribution >= 4 is 5.69 Å². The third kappa shape index (κ3) is 3.72. The largest absolute Gasteiger partial charge is 0.378 e. The molecular weight excluding hydrogens is 330 g/mol. The summed E-state index contributed by atoms with van der Waals surface area (Å²) in [4.78, 5) is 11.5. The summed E-state index contributed by atoms with van der Waals surface area (Å²) in [5, 5.41) is 0. The minimum atomic E-state index is 0.876. The Bertz CT molecular complexity index is 966. The summed E-state index contributed by atoms with van der Waals surface area (Å²) in [6.45, 7) is 0. The zero-order valence-corrected chi connectivity index (χ0v) is 15.5. The van der Waals surface area contributed by atoms with Gasteiger partial charge in [0.25, 0.3) is 0 Å². The molecule has 3 nitrogen and oxygen atoms in total. The van der Waals surface area contributed by atoms with E-state index in [2.05, 4.69) is 58.4 Å². The molecule has 0 fully saturated rings. The van der Waals surface area contributed by atoms with Crippen LogP contribution in [-0.2, 0) is 0 Å². The number of hydrogen-bond acceptors (Lipinski definition) is 3. The van der Waals surface area contributed by atoms with E-state index in [1.807, 2.05) is 50.5 Å². The molecule has 27 heavy (non-hydrogen) atoms. The minimum absolute atomic E-state index is 0.876. The second kappa shape index (κ2) is 7.42. The Labute approximate surface area is 160 Å². The van der Waals surface area contributed by atoms with E-state index in [9.17, 15) is 0 Å². The number of aromatic nitrogens is 2. The van der Waals surface area contributed by atoms with E-state index in [1.54, 1.807) is 6.20 Å². The van der Waals surface area contributed by atoms with Gasteiger partial charge >= 0.3 is 0 Å². The lowest BCUT2D eigenvalue weighted by Gasteiger charge is -2.14. The van der Waals surface area contributed by atoms with Gasteiger partial charge in [0.1, 0.15) is 0 Å². The Morgan fingerprint density at radius 3 is 1.96 bits per heavy atom. The van der Waals surface area contributed by atoms with Gasteiger partial charge in [-0.2, -0.15) is 0 Å². The van der Waals surface area contributed by atoms with Gasteiger partial charge in [-0.25, -0.2) is 4.98 Å². The molecule has 0 aliphatic heterocycles. The van der Waals surface area contributed by atoms with Crippen LogP contribution in [-0.4, -0.2) is 24.1 Å². The van der Waals surface area contributed by atoms with E-state index in [-0.39, 0.29) is 0 Å². The van der Waals surface area contributed by atoms with Gasteiger partial charge in [-0.15, -0.1) is 0 Å². The molecule has 2 heterocycles. The highest BCUT2D eigenvalue weighted by Crippen LogP contribution is 2.30. The highest BCUT2D eigenvalue weighted by atomic mass is 15.1. The van der Waals surface area contributed by atoms with E-state index in [4.69, 9.17) is 4.98 Å². The first-order chi connectivity index (χ1) is 13.2. The molecule has 0 amide bonds. The molecule has 0 atom stereocenters. The lowest BCUT2D eigenvalue weighted by atomic mass is 10.0. The summed E-state index contributed by atoms with van der Waals surface area (Å²) in [5.74, 6) is 0. The first-order valence-corrected chi connectivity index (χ1v) is 8.97. The SMILES string of the molecule is CN(C)c1ccc(-c2cc(-c3ccccc3)nc(-c3ccccn3)c2)cc1. The van der Waals surface area contributed by atoms with E-state index >= 15 is 0 Å². The second-order valence-corrected chi connectivity index (χ2v) is 6.65. The third-order valence-corrected chi connectivity index (χ3v) is 4.54. The molecule has 0 N–H and O–H groups in total. The Morgan fingerprint density at radius 1 is 0.593 bits per heavy atom. The number of benzene rings is 2. The molecule has 3 heteroatoms. The fraction of sp³-hybridized carbons (Fsp3) is 0.0833. The van der Waals surface area contributed by atoms with Crippen molar-refractivity contribution in [2.75, 3.05) is 19.0 Å². The van der Waals surface area contributed by atoms with E-state index < -0.39 is 0 Å². The van der Waals surface area contributed by atoms with Gasteiger partial charge in [-0.3, -0.25) is 4.98 Å². The molecule has 0 unspecified atom stereocenters. The minimum Gasteiger partial charge on any atom is -0.378 e. The zero-order chi connectivity index (χ0) is 18.6. The summed E-state index contributed by atoms with van der Waals surface area (Å²) in [5.41, 5.74) is 7.28. The predicted molar refractivity (Wildman–Crippen MR) is 113 cm³/mol. The van der Waals surface area contributed by atoms with Crippen molar-refractivity contribution in [2.45, 2.75) is 0 Å². The maximum absolute atomic E-state index is 4.87. The summed E-state index contributed by atoms with van der Waals surface area (Å²) in [6.07, 6.45) is 1.80. The predicted octanol–water partition coefficient (Wildman–Crippen LogP) is 5.54. The maximum atomic E-state index is 4.87. The number of nitrogens with zero attached hydrogens (tertiary/aromatic N) is 3. The number of hydrogen-bond donors (Lipinski definition) is 0. The number of rotatable bonds is 4. The molecule has 2 aromatic heterocycles. The first kappa shape index (κ1) is 17.0. The van der Waals surface area contributed by atoms with E-state index in [1.165, 1.54) is 5.69 Å². The molecule has 0 radical (unpaired) electrons. The van der Waals surface area contributed by atoms with Crippen molar-refractivity contribution in [3.63, 3.8) is 0 Å². The molecular formula is C24H21N3. The van der Waals surface area contributed by atoms with Gasteiger partial charge < -0.3 is 4.90 Å². The van der Waals surface area contributed by atoms with E-state index in [0.717, 1.165) is 33.8 Å². The quantitative estimate of drug-likeness (QED) is 0.483. The molecule has 132 valence electrons. The topological polar surface area (TPSA) is 29.0 Å². The standard InChI is InChI=1S/C24H21N3/c1-27(2)21-13-11-18(12-14-21)20-16-23(19-8-4-3-5-9-19)26-24(17-20)22-10-6-7-15-25-22/h3-17H,1-2H3. The molecule has 4 aromatic rings. The summed E-state index contributed by atoms with van der Waals surface area (Å²) < 4.78 is 0. The van der Waals surface area contributed by atoms with Crippen molar-refractivity contribution in [3.8, 4) is 33.8 Å². The van der Waals surface area contributed by atoms with Crippen LogP contribution in [0.5, 0.6) is 0 Å². The smallest absolute Gasteiger partial charge is 0.0899 e. The fourth-order valence-corrected chi connectivity index (χ4v) is 3.05. The normalized spacial score (nSPS) is 10.6. The van der Waals surface area contributed by atoms with Gasteiger partial charge in [0.15, 0.2) is 0 Å². The second-order valence-electron chi connectivity index (χ2n) is 6.65. The van der Waals surface area contributed by atoms with Gasteiger partial charge in [-0.05, 0) is 47.5 Å². The Hall–Kier alpha value is -3.46. The number of anilines is 1. The Balaban J connectivity index is 1.85. The molecule has 0 aliphatic rings. The van der Waals surface area contributed by atoms with Gasteiger partial charge in [0.2, 0.25) is 0 Å². The molecule has 4 rings (SSSR count). The highest BCUT2D eigenvalue weighted by molar-refractivity contribution is 5.76. The van der Waals surface area contributed by atoms with Crippen molar-refractivity contribution in [3.05, 3.63) is 91.1 Å². The highest BCUT2D eigenvalue weighted by Gasteiger charge is 2.09. The van der Waals surface area contributed by atoms with Crippen molar-refractivity contribution in [1.82, 2.24) is 9.97 Å². The Morgan fingerprint density at radius 2 is 1.30 bits per heavy atom. The monoisotopic (exact) mass is 351 g/mol. The maximum Gasteiger partial charge on any atom is 0.0899 e. The average Bonchev–Trinajstić information content (AvgIpc) is 2.75. The molecule has 0 saturated heterocycles. The first-order valence-electron chi connectivity index (χ1n) is 8.97. The van der Waals surface area contributed by atoms with Crippen LogP contribution in [0.3, 0.4) is 0 Å². The molecule has 0 spiro atoms. The van der Waals surface area contributed by atoms with Crippen molar-refractivity contribution in [1.29, 1.82) is 0 Å². The van der Waals surface area contributed by atoms with Crippen LogP contribution in [0.4, 0.5) is 5.69 Å². The van der Waals surface area contributed by atoms with E-state index in [0.29, 0.717) is 0 Å². The molecule has 0 aliphatic carbocycles. The lowest BCUT2D eigenvalue weighted by Crippen LogP contribution is -2.07. The fourth-order valence-electron chi connectivity index (χ4n) is 3.05. The molecule has 0 saturated carbocycles. The van der Waals surface area contributed by atoms with Crippen LogP contribution in [0.25, 0.3) is 33.8 Å². The van der Waals surface area contributed by atoms with Crippen molar-refractivity contribution in [2.24, 2.45) is 0 Å². The average molecular weight is 351 g/mol. The van der Waals surface area contributed by atoms with Crippen LogP contribution < -0.4 is 4.90 Å². The summed E-state index contributed by atoms with van der Waals surface area (Å²) >= 11 is 0. The zero-order valence-electron chi connectivity index (χ0n) is 15.5. The summed E-state index contributed by atoms with van der Waals surface area (Å²) in [7, 11) is 4.10. The van der Waals surface area contributed by atoms with Crippen molar-refractivity contribution < 1.29 is 0 Å². The lowest BCUT2D eigenvalue weighted by molar-refractivity contribution is 1.13. The van der Waals surface area contributed by atoms with Crippen LogP contribution in [0.1, 0.15) is 0 Å². The van der Waals surface area contributed by atoms with Gasteiger partial charge in [0, 0.05) is 31.5 Å².